The zero-order chi connectivity index (χ0) is 15.9. The average molecular weight is 276 g/mol. The Bertz CT molecular complexity index is 389. The third-order valence-electron chi connectivity index (χ3n) is 2.99. The minimum atomic E-state index is -0.523. The van der Waals surface area contributed by atoms with E-state index in [1.165, 1.54) is 0 Å². The molecule has 0 rings (SSSR count). The predicted octanol–water partition coefficient (Wildman–Crippen LogP) is 3.96. The van der Waals surface area contributed by atoms with Crippen molar-refractivity contribution in [2.75, 3.05) is 0 Å². The Morgan fingerprint density at radius 3 is 2.10 bits per heavy atom. The van der Waals surface area contributed by atoms with Crippen molar-refractivity contribution < 1.29 is 4.65 Å². The van der Waals surface area contributed by atoms with Gasteiger partial charge < -0.3 is 4.65 Å². The summed E-state index contributed by atoms with van der Waals surface area (Å²) in [7, 11) is -0.523. The highest BCUT2D eigenvalue weighted by molar-refractivity contribution is 6.57. The standard InChI is InChI=1S/C16H29BN2O/c1-13(2)10-9-11-16(7,8)20-17(12-18)19(14(3)4)15(5)6/h9,14-15H,11H2,1-8H3. The largest absolute Gasteiger partial charge is 0.504 e. The fourth-order valence-electron chi connectivity index (χ4n) is 2.14. The van der Waals surface area contributed by atoms with Gasteiger partial charge in [-0.1, -0.05) is 27.7 Å². The van der Waals surface area contributed by atoms with Crippen molar-refractivity contribution in [3.8, 4) is 5.97 Å². The first-order valence-electron chi connectivity index (χ1n) is 7.34. The summed E-state index contributed by atoms with van der Waals surface area (Å²) in [6.45, 7) is 16.4. The molecule has 0 aromatic rings. The van der Waals surface area contributed by atoms with E-state index < -0.39 is 7.05 Å². The zero-order valence-electron chi connectivity index (χ0n) is 14.3. The van der Waals surface area contributed by atoms with Crippen LogP contribution in [0.25, 0.3) is 0 Å². The maximum absolute atomic E-state index is 9.42. The van der Waals surface area contributed by atoms with Crippen LogP contribution in [0.1, 0.15) is 61.8 Å². The molecule has 0 aliphatic rings. The van der Waals surface area contributed by atoms with Crippen molar-refractivity contribution in [1.29, 1.82) is 5.26 Å². The molecule has 0 saturated heterocycles. The van der Waals surface area contributed by atoms with E-state index in [0.29, 0.717) is 0 Å². The average Bonchev–Trinajstić information content (AvgIpc) is 2.25. The first-order chi connectivity index (χ1) is 9.10. The van der Waals surface area contributed by atoms with Crippen LogP contribution in [0.15, 0.2) is 17.4 Å². The minimum Gasteiger partial charge on any atom is -0.404 e. The van der Waals surface area contributed by atoms with Gasteiger partial charge in [0, 0.05) is 0 Å². The Balaban J connectivity index is 4.94. The Morgan fingerprint density at radius 2 is 1.75 bits per heavy atom. The van der Waals surface area contributed by atoms with Gasteiger partial charge in [0.05, 0.1) is 11.6 Å². The van der Waals surface area contributed by atoms with E-state index in [4.69, 9.17) is 4.65 Å². The molecule has 0 fully saturated rings. The second kappa shape index (κ2) is 8.32. The Hall–Kier alpha value is -1.01. The molecule has 0 bridgehead atoms. The summed E-state index contributed by atoms with van der Waals surface area (Å²) in [5.74, 6) is 2.28. The third-order valence-corrected chi connectivity index (χ3v) is 2.99. The molecule has 0 spiro atoms. The maximum Gasteiger partial charge on any atom is 0.504 e. The zero-order valence-corrected chi connectivity index (χ0v) is 14.3. The fraction of sp³-hybridized carbons (Fsp3) is 0.750. The van der Waals surface area contributed by atoms with E-state index in [1.807, 2.05) is 33.8 Å². The molecular formula is C16H29BN2O. The van der Waals surface area contributed by atoms with Gasteiger partial charge in [0.2, 0.25) is 0 Å². The van der Waals surface area contributed by atoms with Crippen LogP contribution >= 0.6 is 0 Å². The highest BCUT2D eigenvalue weighted by atomic mass is 16.5. The van der Waals surface area contributed by atoms with Crippen LogP contribution in [0.2, 0.25) is 0 Å². The number of nitriles is 1. The maximum atomic E-state index is 9.42. The molecular weight excluding hydrogens is 247 g/mol. The Kier molecular flexibility index (Phi) is 7.90. The summed E-state index contributed by atoms with van der Waals surface area (Å²) in [6, 6.07) is 0.535. The van der Waals surface area contributed by atoms with Gasteiger partial charge in [0.15, 0.2) is 0 Å². The first-order valence-corrected chi connectivity index (χ1v) is 7.34. The molecule has 0 saturated carbocycles. The van der Waals surface area contributed by atoms with Crippen LogP contribution in [0, 0.1) is 11.2 Å². The molecule has 4 heteroatoms. The molecule has 0 atom stereocenters. The highest BCUT2D eigenvalue weighted by Gasteiger charge is 2.35. The van der Waals surface area contributed by atoms with Crippen molar-refractivity contribution in [1.82, 2.24) is 4.81 Å². The van der Waals surface area contributed by atoms with Gasteiger partial charge in [0.25, 0.3) is 0 Å². The van der Waals surface area contributed by atoms with Gasteiger partial charge in [0.1, 0.15) is 0 Å². The summed E-state index contributed by atoms with van der Waals surface area (Å²) >= 11 is 0. The second-order valence-corrected chi connectivity index (χ2v) is 6.55. The summed E-state index contributed by atoms with van der Waals surface area (Å²) in [4.78, 5) is 2.09. The normalized spacial score (nSPS) is 11.5. The number of hydrogen-bond acceptors (Lipinski definition) is 3. The first kappa shape index (κ1) is 19.0. The van der Waals surface area contributed by atoms with Crippen LogP contribution in [-0.4, -0.2) is 29.5 Å². The topological polar surface area (TPSA) is 36.3 Å². The van der Waals surface area contributed by atoms with E-state index in [1.54, 1.807) is 0 Å². The van der Waals surface area contributed by atoms with E-state index >= 15 is 0 Å². The van der Waals surface area contributed by atoms with Crippen molar-refractivity contribution >= 4 is 7.05 Å². The molecule has 0 aromatic heterocycles. The molecule has 112 valence electrons. The molecule has 0 amide bonds. The van der Waals surface area contributed by atoms with Crippen LogP contribution in [0.4, 0.5) is 0 Å². The lowest BCUT2D eigenvalue weighted by atomic mass is 9.78. The molecule has 0 aliphatic carbocycles. The van der Waals surface area contributed by atoms with Gasteiger partial charge in [-0.25, -0.2) is 5.26 Å². The lowest BCUT2D eigenvalue weighted by Crippen LogP contribution is -2.52. The van der Waals surface area contributed by atoms with E-state index in [-0.39, 0.29) is 17.7 Å². The SMILES string of the molecule is CC(C)=C=CCC(C)(C)OB(C#N)N(C(C)C)C(C)C. The van der Waals surface area contributed by atoms with Crippen LogP contribution in [-0.2, 0) is 4.65 Å². The van der Waals surface area contributed by atoms with Gasteiger partial charge in [-0.05, 0) is 57.8 Å². The summed E-state index contributed by atoms with van der Waals surface area (Å²) in [5, 5.41) is 9.42. The van der Waals surface area contributed by atoms with E-state index in [9.17, 15) is 5.26 Å². The second-order valence-electron chi connectivity index (χ2n) is 6.55. The molecule has 0 heterocycles. The van der Waals surface area contributed by atoms with Crippen LogP contribution < -0.4 is 0 Å². The van der Waals surface area contributed by atoms with Gasteiger partial charge in [-0.15, -0.1) is 5.73 Å². The Morgan fingerprint density at radius 1 is 1.25 bits per heavy atom. The molecule has 0 unspecified atom stereocenters. The predicted molar refractivity (Wildman–Crippen MR) is 86.2 cm³/mol. The van der Waals surface area contributed by atoms with Crippen molar-refractivity contribution in [3.05, 3.63) is 17.4 Å². The van der Waals surface area contributed by atoms with E-state index in [0.717, 1.165) is 12.0 Å². The van der Waals surface area contributed by atoms with Gasteiger partial charge in [-0.2, -0.15) is 0 Å². The number of hydrogen-bond donors (Lipinski definition) is 0. The third kappa shape index (κ3) is 6.96. The summed E-state index contributed by atoms with van der Waals surface area (Å²) in [5.41, 5.74) is 3.94. The van der Waals surface area contributed by atoms with Crippen molar-refractivity contribution in [3.63, 3.8) is 0 Å². The molecule has 0 radical (unpaired) electrons. The minimum absolute atomic E-state index is 0.267. The Labute approximate surface area is 125 Å². The fourth-order valence-corrected chi connectivity index (χ4v) is 2.14. The molecule has 0 N–H and O–H groups in total. The number of nitrogens with zero attached hydrogens (tertiary/aromatic N) is 2. The quantitative estimate of drug-likeness (QED) is 0.521. The lowest BCUT2D eigenvalue weighted by molar-refractivity contribution is 0.0857. The molecule has 20 heavy (non-hydrogen) atoms. The van der Waals surface area contributed by atoms with Gasteiger partial charge in [-0.3, -0.25) is 4.81 Å². The molecule has 0 aliphatic heterocycles. The van der Waals surface area contributed by atoms with Crippen LogP contribution in [0.5, 0.6) is 0 Å². The summed E-state index contributed by atoms with van der Waals surface area (Å²) < 4.78 is 6.04. The lowest BCUT2D eigenvalue weighted by Gasteiger charge is -2.36. The smallest absolute Gasteiger partial charge is 0.404 e. The highest BCUT2D eigenvalue weighted by Crippen LogP contribution is 2.20. The number of rotatable bonds is 7. The summed E-state index contributed by atoms with van der Waals surface area (Å²) in [6.07, 6.45) is 2.72. The van der Waals surface area contributed by atoms with E-state index in [2.05, 4.69) is 44.2 Å². The molecule has 0 aromatic carbocycles. The van der Waals surface area contributed by atoms with Gasteiger partial charge >= 0.3 is 7.05 Å². The van der Waals surface area contributed by atoms with Crippen molar-refractivity contribution in [2.24, 2.45) is 0 Å². The monoisotopic (exact) mass is 276 g/mol. The van der Waals surface area contributed by atoms with Crippen LogP contribution in [0.3, 0.4) is 0 Å². The molecule has 3 nitrogen and oxygen atoms in total. The van der Waals surface area contributed by atoms with Crippen molar-refractivity contribution in [2.45, 2.75) is 79.5 Å².